The van der Waals surface area contributed by atoms with Crippen molar-refractivity contribution < 1.29 is 8.42 Å². The van der Waals surface area contributed by atoms with Crippen LogP contribution in [-0.2, 0) is 10.0 Å². The molecule has 0 atom stereocenters. The molecule has 0 bridgehead atoms. The highest BCUT2D eigenvalue weighted by atomic mass is 32.2. The fraction of sp³-hybridized carbons (Fsp3) is 0.333. The van der Waals surface area contributed by atoms with E-state index in [1.165, 1.54) is 33.9 Å². The molecule has 2 aromatic heterocycles. The van der Waals surface area contributed by atoms with E-state index < -0.39 is 10.0 Å². The van der Waals surface area contributed by atoms with E-state index in [1.807, 2.05) is 4.90 Å². The van der Waals surface area contributed by atoms with Gasteiger partial charge >= 0.3 is 0 Å². The third-order valence-corrected chi connectivity index (χ3v) is 5.26. The van der Waals surface area contributed by atoms with Crippen molar-refractivity contribution in [3.05, 3.63) is 38.0 Å². The van der Waals surface area contributed by atoms with Crippen molar-refractivity contribution in [1.29, 1.82) is 0 Å². The molecule has 1 radical (unpaired) electrons. The Morgan fingerprint density at radius 3 is 2.62 bits per heavy atom. The van der Waals surface area contributed by atoms with Crippen LogP contribution in [0.25, 0.3) is 5.82 Å². The van der Waals surface area contributed by atoms with Crippen LogP contribution in [0.2, 0.25) is 0 Å². The van der Waals surface area contributed by atoms with Crippen molar-refractivity contribution in [2.45, 2.75) is 4.90 Å². The van der Waals surface area contributed by atoms with Crippen LogP contribution in [0.1, 0.15) is 0 Å². The molecule has 1 saturated heterocycles. The van der Waals surface area contributed by atoms with Crippen molar-refractivity contribution >= 4 is 10.0 Å². The van der Waals surface area contributed by atoms with E-state index in [9.17, 15) is 8.42 Å². The van der Waals surface area contributed by atoms with Gasteiger partial charge in [-0.1, -0.05) is 0 Å². The van der Waals surface area contributed by atoms with Crippen molar-refractivity contribution in [2.75, 3.05) is 26.2 Å². The second-order valence-electron chi connectivity index (χ2n) is 4.69. The molecule has 3 rings (SSSR count). The highest BCUT2D eigenvalue weighted by Crippen LogP contribution is 2.21. The summed E-state index contributed by atoms with van der Waals surface area (Å²) < 4.78 is 28.4. The summed E-state index contributed by atoms with van der Waals surface area (Å²) in [5.74, 6) is 0.257. The zero-order valence-corrected chi connectivity index (χ0v) is 12.1. The van der Waals surface area contributed by atoms with Gasteiger partial charge in [-0.3, -0.25) is 4.90 Å². The molecule has 3 heterocycles. The summed E-state index contributed by atoms with van der Waals surface area (Å²) in [5.41, 5.74) is 0. The topological polar surface area (TPSA) is 84.2 Å². The lowest BCUT2D eigenvalue weighted by molar-refractivity contribution is 0.241. The van der Waals surface area contributed by atoms with Gasteiger partial charge in [0.25, 0.3) is 0 Å². The molecule has 1 fully saturated rings. The van der Waals surface area contributed by atoms with Crippen LogP contribution in [0.4, 0.5) is 0 Å². The molecule has 0 aliphatic carbocycles. The van der Waals surface area contributed by atoms with Crippen molar-refractivity contribution in [3.8, 4) is 5.82 Å². The molecule has 0 saturated carbocycles. The fourth-order valence-electron chi connectivity index (χ4n) is 2.18. The van der Waals surface area contributed by atoms with Crippen LogP contribution >= 0.6 is 0 Å². The number of aromatic nitrogens is 4. The Kier molecular flexibility index (Phi) is 3.70. The predicted octanol–water partition coefficient (Wildman–Crippen LogP) is -0.240. The van der Waals surface area contributed by atoms with Gasteiger partial charge in [-0.25, -0.2) is 23.1 Å². The fourth-order valence-corrected chi connectivity index (χ4v) is 3.73. The highest BCUT2D eigenvalue weighted by Gasteiger charge is 2.30. The van der Waals surface area contributed by atoms with Gasteiger partial charge in [0.05, 0.1) is 0 Å². The molecule has 2 aromatic rings. The minimum atomic E-state index is -3.61. The maximum Gasteiger partial charge on any atom is 0.246 e. The first-order valence-corrected chi connectivity index (χ1v) is 7.88. The van der Waals surface area contributed by atoms with E-state index in [0.717, 1.165) is 0 Å². The lowest BCUT2D eigenvalue weighted by Gasteiger charge is -2.31. The van der Waals surface area contributed by atoms with Gasteiger partial charge in [-0.15, -0.1) is 0 Å². The maximum absolute atomic E-state index is 12.8. The summed E-state index contributed by atoms with van der Waals surface area (Å²) in [6, 6.07) is 3.14. The van der Waals surface area contributed by atoms with Crippen LogP contribution in [-0.4, -0.2) is 63.6 Å². The average molecular weight is 307 g/mol. The molecule has 1 aliphatic rings. The molecule has 0 aromatic carbocycles. The molecule has 1 aliphatic heterocycles. The van der Waals surface area contributed by atoms with Crippen LogP contribution in [0.5, 0.6) is 0 Å². The Morgan fingerprint density at radius 2 is 1.95 bits per heavy atom. The predicted molar refractivity (Wildman–Crippen MR) is 74.8 cm³/mol. The molecule has 0 spiro atoms. The summed E-state index contributed by atoms with van der Waals surface area (Å²) in [6.45, 7) is 2.05. The second kappa shape index (κ2) is 5.51. The third-order valence-electron chi connectivity index (χ3n) is 3.34. The van der Waals surface area contributed by atoms with Crippen LogP contribution in [0, 0.1) is 7.05 Å². The largest absolute Gasteiger partial charge is 0.299 e. The summed E-state index contributed by atoms with van der Waals surface area (Å²) in [7, 11) is 0.208. The Morgan fingerprint density at radius 1 is 1.19 bits per heavy atom. The number of piperazine rings is 1. The molecule has 111 valence electrons. The summed E-state index contributed by atoms with van der Waals surface area (Å²) in [6.07, 6.45) is 4.30. The van der Waals surface area contributed by atoms with Crippen LogP contribution in [0.15, 0.2) is 35.9 Å². The van der Waals surface area contributed by atoms with E-state index in [0.29, 0.717) is 26.2 Å². The first-order chi connectivity index (χ1) is 10.1. The maximum atomic E-state index is 12.8. The monoisotopic (exact) mass is 307 g/mol. The van der Waals surface area contributed by atoms with Gasteiger partial charge in [0.2, 0.25) is 10.0 Å². The normalized spacial score (nSPS) is 18.0. The molecule has 9 heteroatoms. The van der Waals surface area contributed by atoms with E-state index in [4.69, 9.17) is 0 Å². The molecule has 0 unspecified atom stereocenters. The second-order valence-corrected chi connectivity index (χ2v) is 6.59. The zero-order valence-electron chi connectivity index (χ0n) is 11.3. The Bertz CT molecular complexity index is 707. The van der Waals surface area contributed by atoms with Gasteiger partial charge < -0.3 is 0 Å². The average Bonchev–Trinajstić information content (AvgIpc) is 3.02. The number of rotatable bonds is 3. The standard InChI is InChI=1S/C12H15N6O2S/c1-16-5-7-17(8-6-16)21(19,20)11-3-2-4-14-12(11)18-10-13-9-15-18/h2-4,9-10H,1,5-8H2. The number of hydrogen-bond donors (Lipinski definition) is 0. The molecule has 0 N–H and O–H groups in total. The molecule has 0 amide bonds. The summed E-state index contributed by atoms with van der Waals surface area (Å²) in [4.78, 5) is 9.95. The smallest absolute Gasteiger partial charge is 0.246 e. The van der Waals surface area contributed by atoms with E-state index in [1.54, 1.807) is 6.07 Å². The molecule has 8 nitrogen and oxygen atoms in total. The summed E-state index contributed by atoms with van der Waals surface area (Å²) >= 11 is 0. The minimum Gasteiger partial charge on any atom is -0.299 e. The lowest BCUT2D eigenvalue weighted by atomic mass is 10.4. The number of nitrogens with zero attached hydrogens (tertiary/aromatic N) is 6. The lowest BCUT2D eigenvalue weighted by Crippen LogP contribution is -2.46. The minimum absolute atomic E-state index is 0.132. The zero-order chi connectivity index (χ0) is 14.9. The SMILES string of the molecule is [CH2]N1CCN(S(=O)(=O)c2cccnc2-n2cncn2)CC1. The van der Waals surface area contributed by atoms with E-state index in [-0.39, 0.29) is 10.7 Å². The van der Waals surface area contributed by atoms with Gasteiger partial charge in [0, 0.05) is 39.4 Å². The number of pyridine rings is 1. The van der Waals surface area contributed by atoms with Gasteiger partial charge in [0.1, 0.15) is 17.6 Å². The number of hydrogen-bond acceptors (Lipinski definition) is 6. The third kappa shape index (κ3) is 2.67. The Balaban J connectivity index is 2.00. The van der Waals surface area contributed by atoms with Gasteiger partial charge in [-0.05, 0) is 12.1 Å². The quantitative estimate of drug-likeness (QED) is 0.778. The first-order valence-electron chi connectivity index (χ1n) is 6.44. The molecular formula is C12H15N6O2S. The van der Waals surface area contributed by atoms with Crippen LogP contribution < -0.4 is 0 Å². The summed E-state index contributed by atoms with van der Waals surface area (Å²) in [5, 5.41) is 3.96. The van der Waals surface area contributed by atoms with Crippen molar-refractivity contribution in [3.63, 3.8) is 0 Å². The van der Waals surface area contributed by atoms with Crippen molar-refractivity contribution in [1.82, 2.24) is 29.0 Å². The van der Waals surface area contributed by atoms with Gasteiger partial charge in [-0.2, -0.15) is 9.40 Å². The van der Waals surface area contributed by atoms with E-state index >= 15 is 0 Å². The first kappa shape index (κ1) is 14.1. The van der Waals surface area contributed by atoms with Gasteiger partial charge in [0.15, 0.2) is 5.82 Å². The molecule has 21 heavy (non-hydrogen) atoms. The van der Waals surface area contributed by atoms with Crippen molar-refractivity contribution in [2.24, 2.45) is 0 Å². The number of sulfonamides is 1. The highest BCUT2D eigenvalue weighted by molar-refractivity contribution is 7.89. The Labute approximate surface area is 123 Å². The molecular weight excluding hydrogens is 292 g/mol. The van der Waals surface area contributed by atoms with Crippen LogP contribution in [0.3, 0.4) is 0 Å². The van der Waals surface area contributed by atoms with E-state index in [2.05, 4.69) is 22.1 Å². The Hall–Kier alpha value is -1.84.